The van der Waals surface area contributed by atoms with Gasteiger partial charge in [-0.25, -0.2) is 4.79 Å². The summed E-state index contributed by atoms with van der Waals surface area (Å²) >= 11 is 0. The molecule has 2 N–H and O–H groups in total. The van der Waals surface area contributed by atoms with Crippen LogP contribution in [-0.4, -0.2) is 23.3 Å². The van der Waals surface area contributed by atoms with Crippen molar-refractivity contribution >= 4 is 23.7 Å². The van der Waals surface area contributed by atoms with E-state index in [0.717, 1.165) is 40.8 Å². The average molecular weight is 412 g/mol. The van der Waals surface area contributed by atoms with Crippen molar-refractivity contribution in [2.24, 2.45) is 0 Å². The van der Waals surface area contributed by atoms with Gasteiger partial charge in [0.2, 0.25) is 0 Å². The molecule has 0 aromatic heterocycles. The molecular formula is C27H24O4. The second-order valence-corrected chi connectivity index (χ2v) is 7.60. The van der Waals surface area contributed by atoms with Crippen molar-refractivity contribution in [3.8, 4) is 5.75 Å². The normalized spacial score (nSPS) is 12.6. The molecule has 1 aliphatic rings. The molecule has 31 heavy (non-hydrogen) atoms. The van der Waals surface area contributed by atoms with Crippen molar-refractivity contribution < 1.29 is 19.7 Å². The molecule has 0 unspecified atom stereocenters. The zero-order chi connectivity index (χ0) is 21.8. The molecule has 1 aliphatic carbocycles. The molecule has 0 fully saturated rings. The van der Waals surface area contributed by atoms with Crippen LogP contribution >= 0.6 is 0 Å². The Morgan fingerprint density at radius 3 is 2.52 bits per heavy atom. The van der Waals surface area contributed by atoms with Gasteiger partial charge < -0.3 is 14.9 Å². The van der Waals surface area contributed by atoms with Gasteiger partial charge in [0.25, 0.3) is 0 Å². The summed E-state index contributed by atoms with van der Waals surface area (Å²) in [5.74, 6) is -0.175. The van der Waals surface area contributed by atoms with Crippen LogP contribution in [0, 0.1) is 0 Å². The maximum atomic E-state index is 11.0. The molecule has 0 radical (unpaired) electrons. The first-order valence-corrected chi connectivity index (χ1v) is 10.2. The molecule has 0 saturated heterocycles. The minimum atomic E-state index is -0.923. The number of methoxy groups -OCH3 is 1. The zero-order valence-corrected chi connectivity index (χ0v) is 17.3. The van der Waals surface area contributed by atoms with E-state index in [1.807, 2.05) is 36.4 Å². The Morgan fingerprint density at radius 2 is 1.81 bits per heavy atom. The molecule has 4 rings (SSSR count). The van der Waals surface area contributed by atoms with Crippen LogP contribution in [0.25, 0.3) is 17.7 Å². The molecule has 3 aromatic carbocycles. The highest BCUT2D eigenvalue weighted by Gasteiger charge is 2.17. The number of benzene rings is 3. The smallest absolute Gasteiger partial charge is 0.335 e. The zero-order valence-electron chi connectivity index (χ0n) is 17.3. The molecule has 0 aliphatic heterocycles. The van der Waals surface area contributed by atoms with E-state index < -0.39 is 5.97 Å². The van der Waals surface area contributed by atoms with Crippen molar-refractivity contribution in [3.05, 3.63) is 106 Å². The van der Waals surface area contributed by atoms with Gasteiger partial charge in [-0.2, -0.15) is 0 Å². The maximum Gasteiger partial charge on any atom is 0.335 e. The number of aliphatic hydroxyl groups excluding tert-OH is 1. The molecule has 0 amide bonds. The summed E-state index contributed by atoms with van der Waals surface area (Å²) in [6.45, 7) is -0.0194. The van der Waals surface area contributed by atoms with E-state index in [-0.39, 0.29) is 12.2 Å². The predicted molar refractivity (Wildman–Crippen MR) is 123 cm³/mol. The number of aliphatic hydroxyl groups is 1. The summed E-state index contributed by atoms with van der Waals surface area (Å²) in [5, 5.41) is 18.6. The fourth-order valence-corrected chi connectivity index (χ4v) is 4.00. The van der Waals surface area contributed by atoms with Crippen molar-refractivity contribution in [3.63, 3.8) is 0 Å². The van der Waals surface area contributed by atoms with Crippen LogP contribution < -0.4 is 4.74 Å². The minimum absolute atomic E-state index is 0.0194. The van der Waals surface area contributed by atoms with Crippen LogP contribution in [0.5, 0.6) is 5.75 Å². The molecule has 0 saturated carbocycles. The lowest BCUT2D eigenvalue weighted by Crippen LogP contribution is -1.96. The Morgan fingerprint density at radius 1 is 1.03 bits per heavy atom. The minimum Gasteiger partial charge on any atom is -0.497 e. The molecule has 0 spiro atoms. The Balaban J connectivity index is 1.61. The summed E-state index contributed by atoms with van der Waals surface area (Å²) in [7, 11) is 1.64. The van der Waals surface area contributed by atoms with E-state index in [1.54, 1.807) is 19.2 Å². The highest BCUT2D eigenvalue weighted by Crippen LogP contribution is 2.34. The van der Waals surface area contributed by atoms with Crippen LogP contribution in [0.3, 0.4) is 0 Å². The van der Waals surface area contributed by atoms with Crippen LogP contribution in [-0.2, 0) is 19.4 Å². The maximum absolute atomic E-state index is 11.0. The Bertz CT molecular complexity index is 1150. The molecule has 4 heteroatoms. The predicted octanol–water partition coefficient (Wildman–Crippen LogP) is 5.24. The van der Waals surface area contributed by atoms with Crippen molar-refractivity contribution in [1.29, 1.82) is 0 Å². The number of ether oxygens (including phenoxy) is 1. The number of allylic oxidation sites excluding steroid dienone is 2. The van der Waals surface area contributed by atoms with Gasteiger partial charge in [0.05, 0.1) is 19.3 Å². The number of carboxylic acids is 1. The van der Waals surface area contributed by atoms with E-state index in [1.165, 1.54) is 16.7 Å². The second kappa shape index (κ2) is 9.02. The Kier molecular flexibility index (Phi) is 6.01. The number of fused-ring (bicyclic) bond motifs is 1. The third kappa shape index (κ3) is 4.60. The first-order chi connectivity index (χ1) is 15.1. The fourth-order valence-electron chi connectivity index (χ4n) is 4.00. The summed E-state index contributed by atoms with van der Waals surface area (Å²) in [4.78, 5) is 11.0. The highest BCUT2D eigenvalue weighted by atomic mass is 16.5. The van der Waals surface area contributed by atoms with Crippen LogP contribution in [0.15, 0.2) is 66.7 Å². The molecule has 156 valence electrons. The number of carboxylic acid groups (broad SMARTS) is 1. The van der Waals surface area contributed by atoms with Gasteiger partial charge in [-0.3, -0.25) is 0 Å². The SMILES string of the molecule is COc1cc(CO)cc(CC2=CCc3cccc(C=Cc4ccc(C(=O)O)cc4)c32)c1. The Labute approximate surface area is 181 Å². The molecule has 0 heterocycles. The number of carbonyl (C=O) groups is 1. The molecule has 3 aromatic rings. The molecule has 0 atom stereocenters. The Hall–Kier alpha value is -3.63. The topological polar surface area (TPSA) is 66.8 Å². The quantitative estimate of drug-likeness (QED) is 0.521. The first-order valence-electron chi connectivity index (χ1n) is 10.2. The van der Waals surface area contributed by atoms with Gasteiger partial charge >= 0.3 is 5.97 Å². The van der Waals surface area contributed by atoms with Crippen LogP contribution in [0.4, 0.5) is 0 Å². The summed E-state index contributed by atoms with van der Waals surface area (Å²) in [5.41, 5.74) is 8.10. The fraction of sp³-hybridized carbons (Fsp3) is 0.148. The standard InChI is InChI=1S/C27H24O4/c1-31-25-15-19(13-20(16-25)17-28)14-24-12-11-22-4-2-3-21(26(22)24)8-5-18-6-9-23(10-7-18)27(29)30/h2-10,12-13,15-16,28H,11,14,17H2,1H3,(H,29,30). The van der Waals surface area contributed by atoms with Crippen molar-refractivity contribution in [2.45, 2.75) is 19.4 Å². The van der Waals surface area contributed by atoms with Crippen LogP contribution in [0.2, 0.25) is 0 Å². The van der Waals surface area contributed by atoms with Crippen molar-refractivity contribution in [1.82, 2.24) is 0 Å². The van der Waals surface area contributed by atoms with E-state index >= 15 is 0 Å². The van der Waals surface area contributed by atoms with Crippen molar-refractivity contribution in [2.75, 3.05) is 7.11 Å². The van der Waals surface area contributed by atoms with Gasteiger partial charge in [-0.15, -0.1) is 0 Å². The number of rotatable bonds is 7. The van der Waals surface area contributed by atoms with E-state index in [9.17, 15) is 9.90 Å². The van der Waals surface area contributed by atoms with Crippen LogP contribution in [0.1, 0.15) is 43.7 Å². The first kappa shape index (κ1) is 20.6. The number of aromatic carboxylic acids is 1. The van der Waals surface area contributed by atoms with E-state index in [2.05, 4.69) is 30.4 Å². The lowest BCUT2D eigenvalue weighted by molar-refractivity contribution is 0.0697. The summed E-state index contributed by atoms with van der Waals surface area (Å²) in [6.07, 6.45) is 8.01. The number of hydrogen-bond donors (Lipinski definition) is 2. The summed E-state index contributed by atoms with van der Waals surface area (Å²) in [6, 6.07) is 19.1. The molecular weight excluding hydrogens is 388 g/mol. The van der Waals surface area contributed by atoms with Gasteiger partial charge in [-0.05, 0) is 76.1 Å². The highest BCUT2D eigenvalue weighted by molar-refractivity contribution is 5.88. The van der Waals surface area contributed by atoms with E-state index in [0.29, 0.717) is 0 Å². The molecule has 4 nitrogen and oxygen atoms in total. The largest absolute Gasteiger partial charge is 0.497 e. The summed E-state index contributed by atoms with van der Waals surface area (Å²) < 4.78 is 5.39. The average Bonchev–Trinajstić information content (AvgIpc) is 3.21. The lowest BCUT2D eigenvalue weighted by Gasteiger charge is -2.12. The van der Waals surface area contributed by atoms with Gasteiger partial charge in [0.1, 0.15) is 5.75 Å². The second-order valence-electron chi connectivity index (χ2n) is 7.60. The number of hydrogen-bond acceptors (Lipinski definition) is 3. The third-order valence-corrected chi connectivity index (χ3v) is 5.52. The van der Waals surface area contributed by atoms with Gasteiger partial charge in [0, 0.05) is 0 Å². The van der Waals surface area contributed by atoms with Gasteiger partial charge in [-0.1, -0.05) is 54.6 Å². The van der Waals surface area contributed by atoms with Gasteiger partial charge in [0.15, 0.2) is 0 Å². The monoisotopic (exact) mass is 412 g/mol. The van der Waals surface area contributed by atoms with E-state index in [4.69, 9.17) is 9.84 Å². The molecule has 0 bridgehead atoms. The lowest BCUT2D eigenvalue weighted by atomic mass is 9.93. The third-order valence-electron chi connectivity index (χ3n) is 5.52.